The molecule has 1 aliphatic heterocycles. The summed E-state index contributed by atoms with van der Waals surface area (Å²) in [6.07, 6.45) is -1.06. The molecule has 0 aromatic heterocycles. The number of para-hydroxylation sites is 1. The lowest BCUT2D eigenvalue weighted by atomic mass is 10.2. The molecule has 4 heteroatoms. The molecule has 0 spiro atoms. The summed E-state index contributed by atoms with van der Waals surface area (Å²) in [4.78, 5) is 14.0. The van der Waals surface area contributed by atoms with E-state index in [0.29, 0.717) is 24.4 Å². The van der Waals surface area contributed by atoms with E-state index in [-0.39, 0.29) is 12.0 Å². The molecular formula is C17H17NO3. The highest BCUT2D eigenvalue weighted by Gasteiger charge is 2.35. The number of likely N-dealkylation sites (tertiary alicyclic amines) is 1. The van der Waals surface area contributed by atoms with Gasteiger partial charge in [-0.2, -0.15) is 0 Å². The molecule has 0 unspecified atom stereocenters. The first-order valence-corrected chi connectivity index (χ1v) is 6.98. The molecule has 0 radical (unpaired) electrons. The Morgan fingerprint density at radius 3 is 2.29 bits per heavy atom. The molecule has 2 atom stereocenters. The zero-order valence-electron chi connectivity index (χ0n) is 11.6. The Morgan fingerprint density at radius 1 is 1.00 bits per heavy atom. The molecule has 1 fully saturated rings. The lowest BCUT2D eigenvalue weighted by Gasteiger charge is -2.17. The molecule has 1 saturated heterocycles. The van der Waals surface area contributed by atoms with Crippen molar-refractivity contribution in [3.63, 3.8) is 0 Å². The molecule has 0 bridgehead atoms. The summed E-state index contributed by atoms with van der Waals surface area (Å²) in [5.74, 6) is 0.629. The molecule has 1 heterocycles. The zero-order valence-corrected chi connectivity index (χ0v) is 11.6. The number of β-amino-alcohol motifs (C(OH)–C–C–N with tert-alkyl or cyclic N) is 1. The molecule has 4 nitrogen and oxygen atoms in total. The van der Waals surface area contributed by atoms with Crippen LogP contribution in [-0.4, -0.2) is 41.2 Å². The summed E-state index contributed by atoms with van der Waals surface area (Å²) in [5, 5.41) is 10.1. The third-order valence-corrected chi connectivity index (χ3v) is 3.58. The summed E-state index contributed by atoms with van der Waals surface area (Å²) in [5.41, 5.74) is 0.630. The average Bonchev–Trinajstić information content (AvgIpc) is 2.89. The molecule has 0 saturated carbocycles. The van der Waals surface area contributed by atoms with Crippen molar-refractivity contribution in [1.29, 1.82) is 0 Å². The van der Waals surface area contributed by atoms with Crippen LogP contribution in [0.3, 0.4) is 0 Å². The van der Waals surface area contributed by atoms with Gasteiger partial charge in [0.2, 0.25) is 0 Å². The van der Waals surface area contributed by atoms with Gasteiger partial charge in [-0.3, -0.25) is 4.79 Å². The van der Waals surface area contributed by atoms with Gasteiger partial charge in [-0.15, -0.1) is 0 Å². The molecule has 0 aliphatic carbocycles. The van der Waals surface area contributed by atoms with Gasteiger partial charge in [-0.25, -0.2) is 0 Å². The Balaban J connectivity index is 1.67. The van der Waals surface area contributed by atoms with E-state index < -0.39 is 6.10 Å². The maximum Gasteiger partial charge on any atom is 0.254 e. The fraction of sp³-hybridized carbons (Fsp3) is 0.235. The standard InChI is InChI=1S/C17H17NO3/c19-15-11-18(17(20)13-7-3-1-4-8-13)12-16(15)21-14-9-5-2-6-10-14/h1-10,15-16,19H,11-12H2/t15-,16-/m1/s1. The number of benzene rings is 2. The molecule has 2 aromatic rings. The minimum Gasteiger partial charge on any atom is -0.486 e. The van der Waals surface area contributed by atoms with Crippen molar-refractivity contribution >= 4 is 5.91 Å². The van der Waals surface area contributed by atoms with E-state index >= 15 is 0 Å². The number of rotatable bonds is 3. The van der Waals surface area contributed by atoms with Crippen LogP contribution in [0.1, 0.15) is 10.4 Å². The van der Waals surface area contributed by atoms with Gasteiger partial charge in [0.15, 0.2) is 0 Å². The first-order chi connectivity index (χ1) is 10.2. The van der Waals surface area contributed by atoms with Crippen LogP contribution in [0.15, 0.2) is 60.7 Å². The van der Waals surface area contributed by atoms with Crippen molar-refractivity contribution in [2.45, 2.75) is 12.2 Å². The van der Waals surface area contributed by atoms with E-state index in [1.807, 2.05) is 48.5 Å². The zero-order chi connectivity index (χ0) is 14.7. The molecule has 1 N–H and O–H groups in total. The molecule has 108 valence electrons. The summed E-state index contributed by atoms with van der Waals surface area (Å²) in [7, 11) is 0. The van der Waals surface area contributed by atoms with E-state index in [9.17, 15) is 9.90 Å². The second-order valence-corrected chi connectivity index (χ2v) is 5.11. The van der Waals surface area contributed by atoms with Crippen LogP contribution in [-0.2, 0) is 0 Å². The van der Waals surface area contributed by atoms with E-state index in [2.05, 4.69) is 0 Å². The summed E-state index contributed by atoms with van der Waals surface area (Å²) in [6.45, 7) is 0.690. The van der Waals surface area contributed by atoms with Gasteiger partial charge in [-0.1, -0.05) is 36.4 Å². The number of hydrogen-bond acceptors (Lipinski definition) is 3. The number of amides is 1. The van der Waals surface area contributed by atoms with Crippen LogP contribution < -0.4 is 4.74 Å². The quantitative estimate of drug-likeness (QED) is 0.936. The second kappa shape index (κ2) is 5.97. The third-order valence-electron chi connectivity index (χ3n) is 3.58. The first-order valence-electron chi connectivity index (χ1n) is 6.98. The third kappa shape index (κ3) is 3.06. The van der Waals surface area contributed by atoms with Gasteiger partial charge in [-0.05, 0) is 24.3 Å². The molecular weight excluding hydrogens is 266 g/mol. The highest BCUT2D eigenvalue weighted by Crippen LogP contribution is 2.20. The van der Waals surface area contributed by atoms with Gasteiger partial charge >= 0.3 is 0 Å². The number of carbonyl (C=O) groups is 1. The fourth-order valence-electron chi connectivity index (χ4n) is 2.48. The number of ether oxygens (including phenoxy) is 1. The van der Waals surface area contributed by atoms with E-state index in [1.54, 1.807) is 17.0 Å². The summed E-state index contributed by atoms with van der Waals surface area (Å²) in [6, 6.07) is 18.4. The van der Waals surface area contributed by atoms with Crippen molar-refractivity contribution < 1.29 is 14.6 Å². The Kier molecular flexibility index (Phi) is 3.88. The molecule has 1 amide bonds. The van der Waals surface area contributed by atoms with Crippen LogP contribution in [0.4, 0.5) is 0 Å². The maximum atomic E-state index is 12.3. The molecule has 1 aliphatic rings. The molecule has 2 aromatic carbocycles. The number of carbonyl (C=O) groups excluding carboxylic acids is 1. The van der Waals surface area contributed by atoms with Crippen LogP contribution in [0, 0.1) is 0 Å². The van der Waals surface area contributed by atoms with Gasteiger partial charge in [0.05, 0.1) is 13.1 Å². The van der Waals surface area contributed by atoms with Gasteiger partial charge in [0, 0.05) is 5.56 Å². The monoisotopic (exact) mass is 283 g/mol. The lowest BCUT2D eigenvalue weighted by Crippen LogP contribution is -2.31. The largest absolute Gasteiger partial charge is 0.486 e. The fourth-order valence-corrected chi connectivity index (χ4v) is 2.48. The van der Waals surface area contributed by atoms with Gasteiger partial charge in [0.25, 0.3) is 5.91 Å². The number of aliphatic hydroxyl groups excluding tert-OH is 1. The first kappa shape index (κ1) is 13.6. The molecule has 21 heavy (non-hydrogen) atoms. The molecule has 3 rings (SSSR count). The van der Waals surface area contributed by atoms with Gasteiger partial charge < -0.3 is 14.7 Å². The van der Waals surface area contributed by atoms with Gasteiger partial charge in [0.1, 0.15) is 18.0 Å². The summed E-state index contributed by atoms with van der Waals surface area (Å²) < 4.78 is 5.76. The Labute approximate surface area is 123 Å². The Bertz CT molecular complexity index is 600. The number of nitrogens with zero attached hydrogens (tertiary/aromatic N) is 1. The van der Waals surface area contributed by atoms with Crippen LogP contribution >= 0.6 is 0 Å². The van der Waals surface area contributed by atoms with Crippen LogP contribution in [0.25, 0.3) is 0 Å². The summed E-state index contributed by atoms with van der Waals surface area (Å²) >= 11 is 0. The van der Waals surface area contributed by atoms with E-state index in [1.165, 1.54) is 0 Å². The normalized spacial score (nSPS) is 21.3. The van der Waals surface area contributed by atoms with Crippen molar-refractivity contribution in [3.8, 4) is 5.75 Å². The lowest BCUT2D eigenvalue weighted by molar-refractivity contribution is 0.0729. The van der Waals surface area contributed by atoms with E-state index in [4.69, 9.17) is 4.74 Å². The average molecular weight is 283 g/mol. The number of hydrogen-bond donors (Lipinski definition) is 1. The van der Waals surface area contributed by atoms with Crippen molar-refractivity contribution in [2.24, 2.45) is 0 Å². The minimum absolute atomic E-state index is 0.0752. The topological polar surface area (TPSA) is 49.8 Å². The predicted octanol–water partition coefficient (Wildman–Crippen LogP) is 1.95. The SMILES string of the molecule is O=C(c1ccccc1)N1C[C@@H](O)[C@H](Oc2ccccc2)C1. The van der Waals surface area contributed by atoms with Crippen molar-refractivity contribution in [2.75, 3.05) is 13.1 Å². The Hall–Kier alpha value is -2.33. The minimum atomic E-state index is -0.669. The van der Waals surface area contributed by atoms with Crippen LogP contribution in [0.2, 0.25) is 0 Å². The highest BCUT2D eigenvalue weighted by molar-refractivity contribution is 5.94. The maximum absolute atomic E-state index is 12.3. The van der Waals surface area contributed by atoms with Crippen molar-refractivity contribution in [1.82, 2.24) is 4.90 Å². The van der Waals surface area contributed by atoms with Crippen LogP contribution in [0.5, 0.6) is 5.75 Å². The Morgan fingerprint density at radius 2 is 1.62 bits per heavy atom. The number of aliphatic hydroxyl groups is 1. The highest BCUT2D eigenvalue weighted by atomic mass is 16.5. The van der Waals surface area contributed by atoms with Crippen molar-refractivity contribution in [3.05, 3.63) is 66.2 Å². The second-order valence-electron chi connectivity index (χ2n) is 5.11. The smallest absolute Gasteiger partial charge is 0.254 e. The predicted molar refractivity (Wildman–Crippen MR) is 79.2 cm³/mol. The van der Waals surface area contributed by atoms with E-state index in [0.717, 1.165) is 0 Å².